The Hall–Kier alpha value is -1.80. The number of hydrogen-bond acceptors (Lipinski definition) is 5. The van der Waals surface area contributed by atoms with Gasteiger partial charge in [-0.05, 0) is 13.8 Å². The van der Waals surface area contributed by atoms with Crippen LogP contribution in [0.25, 0.3) is 0 Å². The lowest BCUT2D eigenvalue weighted by Crippen LogP contribution is -3.21. The second-order valence-electron chi connectivity index (χ2n) is 5.87. The summed E-state index contributed by atoms with van der Waals surface area (Å²) < 4.78 is 5.34. The van der Waals surface area contributed by atoms with Crippen LogP contribution < -0.4 is 15.5 Å². The van der Waals surface area contributed by atoms with Crippen LogP contribution in [0, 0.1) is 5.92 Å². The SMILES string of the molecule is CC(C)(CN=CC1C(=O)NC(=O)NC1=O)[NH+]1CCOCC1. The monoisotopic (exact) mass is 297 g/mol. The number of morpholine rings is 1. The van der Waals surface area contributed by atoms with Crippen molar-refractivity contribution in [3.63, 3.8) is 0 Å². The number of aliphatic imine (C=N–C) groups is 1. The fourth-order valence-electron chi connectivity index (χ4n) is 2.46. The van der Waals surface area contributed by atoms with Crippen molar-refractivity contribution < 1.29 is 24.0 Å². The van der Waals surface area contributed by atoms with E-state index in [1.165, 1.54) is 11.1 Å². The number of quaternary nitrogens is 1. The van der Waals surface area contributed by atoms with Crippen LogP contribution in [0.15, 0.2) is 4.99 Å². The zero-order valence-corrected chi connectivity index (χ0v) is 12.3. The molecule has 2 heterocycles. The normalized spacial score (nSPS) is 22.5. The Morgan fingerprint density at radius 2 is 1.81 bits per heavy atom. The zero-order valence-electron chi connectivity index (χ0n) is 12.3. The minimum absolute atomic E-state index is 0.0995. The van der Waals surface area contributed by atoms with Crippen LogP contribution in [0.5, 0.6) is 0 Å². The van der Waals surface area contributed by atoms with Gasteiger partial charge in [-0.1, -0.05) is 0 Å². The second-order valence-corrected chi connectivity index (χ2v) is 5.87. The third-order valence-electron chi connectivity index (χ3n) is 3.83. The molecule has 2 aliphatic heterocycles. The van der Waals surface area contributed by atoms with Gasteiger partial charge in [0.15, 0.2) is 5.92 Å². The molecule has 0 spiro atoms. The molecule has 0 atom stereocenters. The topological polar surface area (TPSA) is 101 Å². The van der Waals surface area contributed by atoms with Crippen molar-refractivity contribution in [3.8, 4) is 0 Å². The number of carbonyl (C=O) groups excluding carboxylic acids is 3. The minimum Gasteiger partial charge on any atom is -0.370 e. The molecule has 0 bridgehead atoms. The Kier molecular flexibility index (Phi) is 4.69. The lowest BCUT2D eigenvalue weighted by Gasteiger charge is -2.36. The largest absolute Gasteiger partial charge is 0.370 e. The van der Waals surface area contributed by atoms with E-state index < -0.39 is 23.8 Å². The number of hydrogen-bond donors (Lipinski definition) is 3. The van der Waals surface area contributed by atoms with Gasteiger partial charge in [0.25, 0.3) is 0 Å². The van der Waals surface area contributed by atoms with E-state index in [4.69, 9.17) is 4.74 Å². The number of imide groups is 2. The summed E-state index contributed by atoms with van der Waals surface area (Å²) in [5, 5.41) is 4.10. The van der Waals surface area contributed by atoms with Crippen LogP contribution in [0.4, 0.5) is 4.79 Å². The quantitative estimate of drug-likeness (QED) is 0.402. The summed E-state index contributed by atoms with van der Waals surface area (Å²) >= 11 is 0. The minimum atomic E-state index is -1.04. The fraction of sp³-hybridized carbons (Fsp3) is 0.692. The molecule has 0 unspecified atom stereocenters. The number of urea groups is 1. The van der Waals surface area contributed by atoms with Crippen molar-refractivity contribution in [1.82, 2.24) is 10.6 Å². The lowest BCUT2D eigenvalue weighted by molar-refractivity contribution is -0.953. The predicted octanol–water partition coefficient (Wildman–Crippen LogP) is -2.27. The highest BCUT2D eigenvalue weighted by atomic mass is 16.5. The van der Waals surface area contributed by atoms with Crippen molar-refractivity contribution >= 4 is 24.1 Å². The summed E-state index contributed by atoms with van der Waals surface area (Å²) in [5.41, 5.74) is -0.0995. The summed E-state index contributed by atoms with van der Waals surface area (Å²) in [6.07, 6.45) is 1.32. The molecule has 0 aromatic heterocycles. The number of ether oxygens (including phenoxy) is 1. The average Bonchev–Trinajstić information content (AvgIpc) is 2.42. The van der Waals surface area contributed by atoms with Crippen molar-refractivity contribution in [2.75, 3.05) is 32.8 Å². The van der Waals surface area contributed by atoms with Crippen molar-refractivity contribution in [2.24, 2.45) is 10.9 Å². The summed E-state index contributed by atoms with van der Waals surface area (Å²) in [4.78, 5) is 39.7. The molecule has 8 nitrogen and oxygen atoms in total. The van der Waals surface area contributed by atoms with Gasteiger partial charge in [-0.15, -0.1) is 0 Å². The van der Waals surface area contributed by atoms with Gasteiger partial charge in [0.1, 0.15) is 18.6 Å². The van der Waals surface area contributed by atoms with E-state index in [9.17, 15) is 14.4 Å². The molecule has 21 heavy (non-hydrogen) atoms. The first-order valence-corrected chi connectivity index (χ1v) is 6.99. The number of barbiturate groups is 1. The Labute approximate surface area is 122 Å². The number of rotatable bonds is 4. The van der Waals surface area contributed by atoms with Crippen LogP contribution in [-0.2, 0) is 14.3 Å². The lowest BCUT2D eigenvalue weighted by atomic mass is 10.0. The van der Waals surface area contributed by atoms with Gasteiger partial charge in [0.05, 0.1) is 19.8 Å². The van der Waals surface area contributed by atoms with Gasteiger partial charge in [-0.25, -0.2) is 4.79 Å². The van der Waals surface area contributed by atoms with Crippen LogP contribution in [-0.4, -0.2) is 62.4 Å². The highest BCUT2D eigenvalue weighted by Crippen LogP contribution is 2.02. The Balaban J connectivity index is 1.93. The Bertz CT molecular complexity index is 449. The molecular formula is C13H21N4O4+. The third-order valence-corrected chi connectivity index (χ3v) is 3.83. The van der Waals surface area contributed by atoms with E-state index in [1.807, 2.05) is 10.6 Å². The molecule has 4 amide bonds. The average molecular weight is 297 g/mol. The van der Waals surface area contributed by atoms with Crippen LogP contribution in [0.3, 0.4) is 0 Å². The molecule has 2 rings (SSSR count). The molecule has 0 aliphatic carbocycles. The van der Waals surface area contributed by atoms with Crippen molar-refractivity contribution in [2.45, 2.75) is 19.4 Å². The smallest absolute Gasteiger partial charge is 0.328 e. The van der Waals surface area contributed by atoms with Gasteiger partial charge >= 0.3 is 6.03 Å². The molecule has 2 saturated heterocycles. The second kappa shape index (κ2) is 6.31. The van der Waals surface area contributed by atoms with Crippen molar-refractivity contribution in [1.29, 1.82) is 0 Å². The Morgan fingerprint density at radius 3 is 2.38 bits per heavy atom. The number of amides is 4. The van der Waals surface area contributed by atoms with Crippen LogP contribution in [0.2, 0.25) is 0 Å². The number of nitrogens with zero attached hydrogens (tertiary/aromatic N) is 1. The summed E-state index contributed by atoms with van der Waals surface area (Å²) in [6, 6.07) is -0.784. The summed E-state index contributed by atoms with van der Waals surface area (Å²) in [5.74, 6) is -2.31. The van der Waals surface area contributed by atoms with Gasteiger partial charge in [0.2, 0.25) is 11.8 Å². The first-order valence-electron chi connectivity index (χ1n) is 6.99. The molecule has 2 aliphatic rings. The third kappa shape index (κ3) is 3.85. The highest BCUT2D eigenvalue weighted by molar-refractivity contribution is 6.23. The first kappa shape index (κ1) is 15.6. The van der Waals surface area contributed by atoms with E-state index >= 15 is 0 Å². The van der Waals surface area contributed by atoms with Gasteiger partial charge in [0, 0.05) is 6.21 Å². The van der Waals surface area contributed by atoms with Gasteiger partial charge < -0.3 is 9.64 Å². The molecular weight excluding hydrogens is 276 g/mol. The maximum absolute atomic E-state index is 11.6. The molecule has 8 heteroatoms. The number of nitrogens with one attached hydrogen (secondary N) is 3. The van der Waals surface area contributed by atoms with Gasteiger partial charge in [-0.2, -0.15) is 0 Å². The fourth-order valence-corrected chi connectivity index (χ4v) is 2.46. The van der Waals surface area contributed by atoms with Gasteiger partial charge in [-0.3, -0.25) is 25.2 Å². The van der Waals surface area contributed by atoms with Crippen molar-refractivity contribution in [3.05, 3.63) is 0 Å². The van der Waals surface area contributed by atoms with E-state index in [-0.39, 0.29) is 5.54 Å². The molecule has 0 radical (unpaired) electrons. The molecule has 0 saturated carbocycles. The molecule has 0 aromatic carbocycles. The zero-order chi connectivity index (χ0) is 15.5. The molecule has 2 fully saturated rings. The maximum Gasteiger partial charge on any atom is 0.328 e. The molecule has 3 N–H and O–H groups in total. The maximum atomic E-state index is 11.6. The Morgan fingerprint density at radius 1 is 1.24 bits per heavy atom. The van der Waals surface area contributed by atoms with E-state index in [2.05, 4.69) is 18.8 Å². The van der Waals surface area contributed by atoms with E-state index in [0.29, 0.717) is 6.54 Å². The highest BCUT2D eigenvalue weighted by Gasteiger charge is 2.34. The standard InChI is InChI=1S/C13H20N4O4/c1-13(2,17-3-5-21-6-4-17)8-14-7-9-10(18)15-12(20)16-11(9)19/h7,9H,3-6,8H2,1-2H3,(H2,15,16,18,19,20)/p+1. The molecule has 116 valence electrons. The molecule has 0 aromatic rings. The summed E-state index contributed by atoms with van der Waals surface area (Å²) in [7, 11) is 0. The van der Waals surface area contributed by atoms with Crippen LogP contribution in [0.1, 0.15) is 13.8 Å². The summed E-state index contributed by atoms with van der Waals surface area (Å²) in [6.45, 7) is 7.98. The first-order chi connectivity index (χ1) is 9.90. The van der Waals surface area contributed by atoms with E-state index in [1.54, 1.807) is 0 Å². The number of carbonyl (C=O) groups is 3. The van der Waals surface area contributed by atoms with Crippen LogP contribution >= 0.6 is 0 Å². The predicted molar refractivity (Wildman–Crippen MR) is 74.1 cm³/mol. The van der Waals surface area contributed by atoms with E-state index in [0.717, 1.165) is 26.3 Å².